The van der Waals surface area contributed by atoms with Crippen molar-refractivity contribution in [1.82, 2.24) is 24.5 Å². The van der Waals surface area contributed by atoms with E-state index >= 15 is 0 Å². The number of anilines is 1. The predicted molar refractivity (Wildman–Crippen MR) is 96.7 cm³/mol. The molecule has 0 amide bonds. The highest BCUT2D eigenvalue weighted by Crippen LogP contribution is 2.29. The number of hydrogen-bond donors (Lipinski definition) is 1. The fraction of sp³-hybridized carbons (Fsp3) is 0.0588. The summed E-state index contributed by atoms with van der Waals surface area (Å²) in [5.41, 5.74) is 10.2. The van der Waals surface area contributed by atoms with E-state index in [-0.39, 0.29) is 0 Å². The summed E-state index contributed by atoms with van der Waals surface area (Å²) < 4.78 is 2.68. The van der Waals surface area contributed by atoms with Crippen LogP contribution >= 0.6 is 15.9 Å². The molecule has 4 aromatic rings. The van der Waals surface area contributed by atoms with Gasteiger partial charge < -0.3 is 5.73 Å². The first kappa shape index (κ1) is 14.8. The Morgan fingerprint density at radius 1 is 0.958 bits per heavy atom. The number of aryl methyl sites for hydroxylation is 1. The second-order valence-electron chi connectivity index (χ2n) is 5.37. The van der Waals surface area contributed by atoms with Crippen LogP contribution in [0.1, 0.15) is 5.56 Å². The molecule has 2 N–H and O–H groups in total. The third-order valence-electron chi connectivity index (χ3n) is 3.70. The van der Waals surface area contributed by atoms with Gasteiger partial charge in [-0.2, -0.15) is 0 Å². The van der Waals surface area contributed by atoms with Crippen molar-refractivity contribution >= 4 is 32.9 Å². The van der Waals surface area contributed by atoms with Crippen LogP contribution in [0.15, 0.2) is 53.4 Å². The van der Waals surface area contributed by atoms with Crippen LogP contribution in [0.25, 0.3) is 28.4 Å². The van der Waals surface area contributed by atoms with E-state index in [1.165, 1.54) is 5.56 Å². The van der Waals surface area contributed by atoms with Gasteiger partial charge in [-0.05, 0) is 47.1 Å². The first-order chi connectivity index (χ1) is 11.6. The van der Waals surface area contributed by atoms with Gasteiger partial charge in [0, 0.05) is 18.1 Å². The number of nitrogen functional groups attached to an aromatic ring is 1. The average molecular weight is 381 g/mol. The standard InChI is InChI=1S/C17H13BrN6/c1-10-2-4-11(5-3-10)24-16-12(6-7-13(18)23-16)22-17(24)14-15(19)21-9-8-20-14/h2-9H,1H3,(H2,19,21). The molecular formula is C17H13BrN6. The molecule has 0 atom stereocenters. The molecule has 3 heterocycles. The Labute approximate surface area is 146 Å². The fourth-order valence-electron chi connectivity index (χ4n) is 2.55. The molecule has 0 aliphatic rings. The topological polar surface area (TPSA) is 82.5 Å². The Morgan fingerprint density at radius 2 is 1.71 bits per heavy atom. The summed E-state index contributed by atoms with van der Waals surface area (Å²) in [4.78, 5) is 17.7. The number of nitrogens with zero attached hydrogens (tertiary/aromatic N) is 5. The maximum absolute atomic E-state index is 6.02. The highest BCUT2D eigenvalue weighted by atomic mass is 79.9. The van der Waals surface area contributed by atoms with Gasteiger partial charge in [0.1, 0.15) is 15.8 Å². The van der Waals surface area contributed by atoms with Crippen LogP contribution < -0.4 is 5.73 Å². The highest BCUT2D eigenvalue weighted by Gasteiger charge is 2.19. The van der Waals surface area contributed by atoms with Crippen LogP contribution in [-0.2, 0) is 0 Å². The van der Waals surface area contributed by atoms with Gasteiger partial charge in [0.25, 0.3) is 0 Å². The summed E-state index contributed by atoms with van der Waals surface area (Å²) in [6.07, 6.45) is 3.17. The van der Waals surface area contributed by atoms with Crippen molar-refractivity contribution in [3.05, 3.63) is 59.0 Å². The smallest absolute Gasteiger partial charge is 0.169 e. The Kier molecular flexibility index (Phi) is 3.50. The third-order valence-corrected chi connectivity index (χ3v) is 4.14. The lowest BCUT2D eigenvalue weighted by molar-refractivity contribution is 1.05. The molecule has 6 nitrogen and oxygen atoms in total. The zero-order valence-corrected chi connectivity index (χ0v) is 14.4. The van der Waals surface area contributed by atoms with Crippen LogP contribution in [0.4, 0.5) is 5.82 Å². The molecule has 0 saturated heterocycles. The number of benzene rings is 1. The highest BCUT2D eigenvalue weighted by molar-refractivity contribution is 9.10. The van der Waals surface area contributed by atoms with Crippen LogP contribution in [-0.4, -0.2) is 24.5 Å². The normalized spacial score (nSPS) is 11.1. The lowest BCUT2D eigenvalue weighted by Gasteiger charge is -2.09. The van der Waals surface area contributed by atoms with Crippen molar-refractivity contribution in [1.29, 1.82) is 0 Å². The quantitative estimate of drug-likeness (QED) is 0.537. The fourth-order valence-corrected chi connectivity index (χ4v) is 2.85. The number of hydrogen-bond acceptors (Lipinski definition) is 5. The molecule has 7 heteroatoms. The molecule has 0 radical (unpaired) electrons. The second kappa shape index (κ2) is 5.68. The molecule has 4 rings (SSSR count). The van der Waals surface area contributed by atoms with Crippen LogP contribution in [0, 0.1) is 6.92 Å². The Hall–Kier alpha value is -2.80. The zero-order chi connectivity index (χ0) is 16.7. The van der Waals surface area contributed by atoms with Crippen molar-refractivity contribution < 1.29 is 0 Å². The van der Waals surface area contributed by atoms with Crippen molar-refractivity contribution in [2.75, 3.05) is 5.73 Å². The van der Waals surface area contributed by atoms with E-state index in [9.17, 15) is 0 Å². The molecular weight excluding hydrogens is 368 g/mol. The number of halogens is 1. The summed E-state index contributed by atoms with van der Waals surface area (Å²) in [6, 6.07) is 11.9. The molecule has 118 valence electrons. The van der Waals surface area contributed by atoms with Gasteiger partial charge in [-0.3, -0.25) is 4.57 Å². The number of pyridine rings is 1. The number of rotatable bonds is 2. The molecule has 0 bridgehead atoms. The summed E-state index contributed by atoms with van der Waals surface area (Å²) in [6.45, 7) is 2.05. The first-order valence-electron chi connectivity index (χ1n) is 7.32. The van der Waals surface area contributed by atoms with Gasteiger partial charge in [0.05, 0.1) is 0 Å². The molecule has 0 aliphatic carbocycles. The number of fused-ring (bicyclic) bond motifs is 1. The number of aromatic nitrogens is 5. The van der Waals surface area contributed by atoms with Crippen LogP contribution in [0.2, 0.25) is 0 Å². The minimum Gasteiger partial charge on any atom is -0.382 e. The molecule has 0 saturated carbocycles. The lowest BCUT2D eigenvalue weighted by Crippen LogP contribution is -2.03. The van der Waals surface area contributed by atoms with Gasteiger partial charge in [-0.15, -0.1) is 0 Å². The van der Waals surface area contributed by atoms with Gasteiger partial charge >= 0.3 is 0 Å². The average Bonchev–Trinajstić information content (AvgIpc) is 2.94. The van der Waals surface area contributed by atoms with Crippen LogP contribution in [0.5, 0.6) is 0 Å². The Morgan fingerprint density at radius 3 is 2.46 bits per heavy atom. The molecule has 0 unspecified atom stereocenters. The minimum absolute atomic E-state index is 0.334. The third kappa shape index (κ3) is 2.43. The Balaban J connectivity index is 2.08. The second-order valence-corrected chi connectivity index (χ2v) is 6.19. The number of nitrogens with two attached hydrogens (primary N) is 1. The molecule has 24 heavy (non-hydrogen) atoms. The summed E-state index contributed by atoms with van der Waals surface area (Å²) in [5.74, 6) is 0.949. The van der Waals surface area contributed by atoms with Crippen molar-refractivity contribution in [2.45, 2.75) is 6.92 Å². The van der Waals surface area contributed by atoms with Gasteiger partial charge in [-0.25, -0.2) is 19.9 Å². The van der Waals surface area contributed by atoms with E-state index in [4.69, 9.17) is 5.73 Å². The van der Waals surface area contributed by atoms with Crippen molar-refractivity contribution in [3.63, 3.8) is 0 Å². The minimum atomic E-state index is 0.334. The molecule has 1 aromatic carbocycles. The van der Waals surface area contributed by atoms with E-state index in [1.807, 2.05) is 47.9 Å². The van der Waals surface area contributed by atoms with E-state index < -0.39 is 0 Å². The van der Waals surface area contributed by atoms with Gasteiger partial charge in [0.2, 0.25) is 0 Å². The molecule has 0 aliphatic heterocycles. The SMILES string of the molecule is Cc1ccc(-n2c(-c3nccnc3N)nc3ccc(Br)nc32)cc1. The maximum Gasteiger partial charge on any atom is 0.169 e. The lowest BCUT2D eigenvalue weighted by atomic mass is 10.2. The van der Waals surface area contributed by atoms with E-state index in [1.54, 1.807) is 12.4 Å². The zero-order valence-electron chi connectivity index (χ0n) is 12.8. The summed E-state index contributed by atoms with van der Waals surface area (Å²) >= 11 is 3.43. The molecule has 0 fully saturated rings. The van der Waals surface area contributed by atoms with Crippen LogP contribution in [0.3, 0.4) is 0 Å². The van der Waals surface area contributed by atoms with Gasteiger partial charge in [0.15, 0.2) is 17.3 Å². The predicted octanol–water partition coefficient (Wildman–Crippen LogP) is 3.53. The van der Waals surface area contributed by atoms with Gasteiger partial charge in [-0.1, -0.05) is 17.7 Å². The molecule has 3 aromatic heterocycles. The Bertz CT molecular complexity index is 1040. The van der Waals surface area contributed by atoms with E-state index in [0.717, 1.165) is 21.5 Å². The summed E-state index contributed by atoms with van der Waals surface area (Å²) in [5, 5.41) is 0. The van der Waals surface area contributed by atoms with E-state index in [2.05, 4.69) is 35.9 Å². The monoisotopic (exact) mass is 380 g/mol. The van der Waals surface area contributed by atoms with Crippen molar-refractivity contribution in [3.8, 4) is 17.2 Å². The molecule has 0 spiro atoms. The van der Waals surface area contributed by atoms with Crippen molar-refractivity contribution in [2.24, 2.45) is 0 Å². The maximum atomic E-state index is 6.02. The number of imidazole rings is 1. The summed E-state index contributed by atoms with van der Waals surface area (Å²) in [7, 11) is 0. The first-order valence-corrected chi connectivity index (χ1v) is 8.11. The van der Waals surface area contributed by atoms with E-state index in [0.29, 0.717) is 17.3 Å². The largest absolute Gasteiger partial charge is 0.382 e.